The summed E-state index contributed by atoms with van der Waals surface area (Å²) in [6.07, 6.45) is -1.00. The summed E-state index contributed by atoms with van der Waals surface area (Å²) in [6.45, 7) is 0.491. The molecular weight excluding hydrogens is 554 g/mol. The van der Waals surface area contributed by atoms with Gasteiger partial charge >= 0.3 is 0 Å². The summed E-state index contributed by atoms with van der Waals surface area (Å²) in [5.74, 6) is 0.300. The number of halogens is 1. The number of H-pyrrole nitrogens is 2. The van der Waals surface area contributed by atoms with Gasteiger partial charge in [-0.25, -0.2) is 0 Å². The zero-order valence-electron chi connectivity index (χ0n) is 22.1. The number of hydrogen-bond acceptors (Lipinski definition) is 5. The third-order valence-electron chi connectivity index (χ3n) is 8.21. The Morgan fingerprint density at radius 3 is 2.74 bits per heavy atom. The minimum absolute atomic E-state index is 0.0542. The highest BCUT2D eigenvalue weighted by atomic mass is 35.5. The van der Waals surface area contributed by atoms with Gasteiger partial charge in [-0.2, -0.15) is 5.48 Å². The van der Waals surface area contributed by atoms with Crippen LogP contribution in [0.1, 0.15) is 44.2 Å². The highest BCUT2D eigenvalue weighted by molar-refractivity contribution is 6.19. The van der Waals surface area contributed by atoms with Gasteiger partial charge in [0, 0.05) is 63.0 Å². The number of nitrogens with zero attached hydrogens (tertiary/aromatic N) is 1. The van der Waals surface area contributed by atoms with Crippen molar-refractivity contribution >= 4 is 67.4 Å². The first-order chi connectivity index (χ1) is 20.5. The minimum atomic E-state index is -1.00. The first kappa shape index (κ1) is 24.8. The number of rotatable bonds is 5. The number of benzene rings is 4. The van der Waals surface area contributed by atoms with Gasteiger partial charge < -0.3 is 30.1 Å². The van der Waals surface area contributed by atoms with E-state index in [1.807, 2.05) is 77.7 Å². The van der Waals surface area contributed by atoms with Crippen LogP contribution in [0.15, 0.2) is 78.9 Å². The Labute approximate surface area is 244 Å². The maximum absolute atomic E-state index is 12.9. The van der Waals surface area contributed by atoms with Gasteiger partial charge in [-0.3, -0.25) is 9.59 Å². The van der Waals surface area contributed by atoms with E-state index in [9.17, 15) is 14.7 Å². The Hall–Kier alpha value is -4.99. The van der Waals surface area contributed by atoms with Crippen molar-refractivity contribution in [1.82, 2.24) is 15.4 Å². The van der Waals surface area contributed by atoms with E-state index in [0.29, 0.717) is 40.8 Å². The number of carbonyl (C=O) groups excluding carboxylic acids is 2. The van der Waals surface area contributed by atoms with Crippen LogP contribution in [0.5, 0.6) is 5.75 Å². The lowest BCUT2D eigenvalue weighted by Gasteiger charge is -2.27. The predicted molar refractivity (Wildman–Crippen MR) is 162 cm³/mol. The van der Waals surface area contributed by atoms with Crippen molar-refractivity contribution in [3.63, 3.8) is 0 Å². The van der Waals surface area contributed by atoms with Crippen molar-refractivity contribution in [3.05, 3.63) is 101 Å². The Bertz CT molecular complexity index is 2050. The molecule has 2 aliphatic rings. The molecule has 9 nitrogen and oxygen atoms in total. The van der Waals surface area contributed by atoms with Crippen molar-refractivity contribution in [2.45, 2.75) is 12.1 Å². The first-order valence-corrected chi connectivity index (χ1v) is 14.1. The topological polar surface area (TPSA) is 122 Å². The molecule has 5 N–H and O–H groups in total. The molecule has 0 aliphatic carbocycles. The molecule has 208 valence electrons. The van der Waals surface area contributed by atoms with Crippen LogP contribution in [-0.4, -0.2) is 39.3 Å². The maximum Gasteiger partial charge on any atom is 0.284 e. The molecule has 4 heterocycles. The molecular formula is C32H24ClN5O4. The Balaban J connectivity index is 1.11. The second-order valence-electron chi connectivity index (χ2n) is 10.7. The van der Waals surface area contributed by atoms with E-state index in [-0.39, 0.29) is 17.7 Å². The number of para-hydroxylation sites is 1. The van der Waals surface area contributed by atoms with E-state index in [4.69, 9.17) is 16.4 Å². The van der Waals surface area contributed by atoms with Crippen molar-refractivity contribution in [1.29, 1.82) is 0 Å². The molecule has 2 aliphatic heterocycles. The highest BCUT2D eigenvalue weighted by Crippen LogP contribution is 2.49. The molecule has 0 radical (unpaired) electrons. The molecule has 0 saturated heterocycles. The molecule has 6 aromatic rings. The lowest BCUT2D eigenvalue weighted by Crippen LogP contribution is -2.31. The number of hydroxylamine groups is 1. The largest absolute Gasteiger partial charge is 0.378 e. The molecule has 2 unspecified atom stereocenters. The van der Waals surface area contributed by atoms with Gasteiger partial charge in [0.2, 0.25) is 0 Å². The molecule has 0 fully saturated rings. The number of aromatic amines is 2. The fourth-order valence-electron chi connectivity index (χ4n) is 6.27. The Morgan fingerprint density at radius 1 is 1.02 bits per heavy atom. The fourth-order valence-corrected chi connectivity index (χ4v) is 6.52. The molecule has 8 rings (SSSR count). The van der Waals surface area contributed by atoms with Crippen LogP contribution in [0.25, 0.3) is 32.6 Å². The Kier molecular flexibility index (Phi) is 5.47. The molecule has 2 aromatic heterocycles. The fraction of sp³-hybridized carbons (Fsp3) is 0.125. The number of aliphatic hydroxyl groups is 1. The van der Waals surface area contributed by atoms with Crippen LogP contribution in [0, 0.1) is 0 Å². The van der Waals surface area contributed by atoms with E-state index in [1.54, 1.807) is 6.07 Å². The van der Waals surface area contributed by atoms with E-state index in [0.717, 1.165) is 43.8 Å². The molecule has 0 spiro atoms. The highest BCUT2D eigenvalue weighted by Gasteiger charge is 2.37. The normalized spacial score (nSPS) is 16.5. The summed E-state index contributed by atoms with van der Waals surface area (Å²) >= 11 is 6.44. The summed E-state index contributed by atoms with van der Waals surface area (Å²) in [5, 5.41) is 18.0. The van der Waals surface area contributed by atoms with Crippen molar-refractivity contribution in [3.8, 4) is 5.75 Å². The third kappa shape index (κ3) is 3.74. The maximum atomic E-state index is 12.9. The van der Waals surface area contributed by atoms with Crippen molar-refractivity contribution in [2.24, 2.45) is 0 Å². The Morgan fingerprint density at radius 2 is 1.88 bits per heavy atom. The van der Waals surface area contributed by atoms with E-state index in [1.165, 1.54) is 0 Å². The summed E-state index contributed by atoms with van der Waals surface area (Å²) in [4.78, 5) is 39.3. The average Bonchev–Trinajstić information content (AvgIpc) is 3.73. The van der Waals surface area contributed by atoms with Gasteiger partial charge in [0.25, 0.3) is 11.8 Å². The number of carbonyl (C=O) groups is 2. The van der Waals surface area contributed by atoms with Crippen LogP contribution in [0.4, 0.5) is 11.4 Å². The summed E-state index contributed by atoms with van der Waals surface area (Å²) < 4.78 is 0. The van der Waals surface area contributed by atoms with Crippen LogP contribution in [0.3, 0.4) is 0 Å². The first-order valence-electron chi connectivity index (χ1n) is 13.6. The van der Waals surface area contributed by atoms with Gasteiger partial charge in [0.15, 0.2) is 12.0 Å². The molecule has 42 heavy (non-hydrogen) atoms. The van der Waals surface area contributed by atoms with E-state index >= 15 is 0 Å². The summed E-state index contributed by atoms with van der Waals surface area (Å²) in [7, 11) is 0. The van der Waals surface area contributed by atoms with Crippen molar-refractivity contribution in [2.75, 3.05) is 22.6 Å². The van der Waals surface area contributed by atoms with Crippen LogP contribution in [-0.2, 0) is 0 Å². The summed E-state index contributed by atoms with van der Waals surface area (Å²) in [5.41, 5.74) is 8.23. The number of fused-ring (bicyclic) bond motifs is 4. The third-order valence-corrected chi connectivity index (χ3v) is 8.58. The lowest BCUT2D eigenvalue weighted by atomic mass is 9.92. The van der Waals surface area contributed by atoms with E-state index in [2.05, 4.69) is 20.8 Å². The van der Waals surface area contributed by atoms with Gasteiger partial charge in [0.05, 0.1) is 11.3 Å². The van der Waals surface area contributed by atoms with Crippen LogP contribution < -0.4 is 20.5 Å². The molecule has 10 heteroatoms. The number of aliphatic hydroxyl groups excluding tert-OH is 1. The molecule has 2 amide bonds. The lowest BCUT2D eigenvalue weighted by molar-refractivity contribution is 0.0748. The number of anilines is 2. The average molecular weight is 578 g/mol. The van der Waals surface area contributed by atoms with Crippen LogP contribution in [0.2, 0.25) is 0 Å². The monoisotopic (exact) mass is 577 g/mol. The molecule has 4 aromatic carbocycles. The predicted octanol–water partition coefficient (Wildman–Crippen LogP) is 5.93. The van der Waals surface area contributed by atoms with Crippen LogP contribution >= 0.6 is 11.6 Å². The zero-order chi connectivity index (χ0) is 28.5. The SMILES string of the molecule is O=C(Nc1ccc2[nH]c(C(O)N3CC(CCl)c4c3cc3c5c(cccc45)C(=O)NO3)cc2c1)c1cc2ccccc2[nH]1. The second kappa shape index (κ2) is 9.27. The minimum Gasteiger partial charge on any atom is -0.378 e. The second-order valence-corrected chi connectivity index (χ2v) is 11.0. The number of hydrogen-bond donors (Lipinski definition) is 5. The molecule has 2 atom stereocenters. The number of aromatic nitrogens is 2. The number of amides is 2. The molecule has 0 saturated carbocycles. The van der Waals surface area contributed by atoms with Gasteiger partial charge in [-0.05, 0) is 53.4 Å². The number of alkyl halides is 1. The van der Waals surface area contributed by atoms with Gasteiger partial charge in [0.1, 0.15) is 5.69 Å². The van der Waals surface area contributed by atoms with Crippen molar-refractivity contribution < 1.29 is 19.5 Å². The van der Waals surface area contributed by atoms with Gasteiger partial charge in [-0.15, -0.1) is 11.6 Å². The van der Waals surface area contributed by atoms with Gasteiger partial charge in [-0.1, -0.05) is 30.3 Å². The summed E-state index contributed by atoms with van der Waals surface area (Å²) in [6, 6.07) is 24.5. The van der Waals surface area contributed by atoms with E-state index < -0.39 is 6.23 Å². The quantitative estimate of drug-likeness (QED) is 0.163. The zero-order valence-corrected chi connectivity index (χ0v) is 22.8. The molecule has 0 bridgehead atoms. The smallest absolute Gasteiger partial charge is 0.284 e. The standard InChI is InChI=1S/C32H24ClN5O4/c33-14-18-15-38(26-13-27-29-20(28(18)26)5-3-6-21(29)30(39)37-42-27)32(41)25-12-17-10-19(8-9-23(17)36-25)34-31(40)24-11-16-4-1-2-7-22(16)35-24/h1-13,18,32,35-36,41H,14-15H2,(H,34,40)(H,37,39). The number of nitrogens with one attached hydrogen (secondary N) is 4.